The second kappa shape index (κ2) is 17.0. The Bertz CT molecular complexity index is 1400. The molecule has 1 amide bonds. The number of carbonyl (C=O) groups is 5. The third kappa shape index (κ3) is 14.0. The zero-order valence-electron chi connectivity index (χ0n) is 33.7. The maximum absolute atomic E-state index is 13.5. The number of benzene rings is 1. The molecule has 5 atom stereocenters. The fraction of sp³-hybridized carbons (Fsp3) is 0.718. The predicted molar refractivity (Wildman–Crippen MR) is 193 cm³/mol. The summed E-state index contributed by atoms with van der Waals surface area (Å²) in [5.41, 5.74) is -3.07. The van der Waals surface area contributed by atoms with Crippen molar-refractivity contribution >= 4 is 35.7 Å². The fourth-order valence-corrected chi connectivity index (χ4v) is 4.29. The normalized spacial score (nSPS) is 21.4. The minimum atomic E-state index is -1.40. The summed E-state index contributed by atoms with van der Waals surface area (Å²) in [7, 11) is 0. The molecule has 1 aliphatic heterocycles. The lowest BCUT2D eigenvalue weighted by Crippen LogP contribution is -2.64. The van der Waals surface area contributed by atoms with E-state index in [9.17, 15) is 24.0 Å². The minimum absolute atomic E-state index is 0.0496. The van der Waals surface area contributed by atoms with Crippen LogP contribution in [-0.2, 0) is 58.8 Å². The highest BCUT2D eigenvalue weighted by Gasteiger charge is 2.55. The van der Waals surface area contributed by atoms with Crippen LogP contribution in [0.25, 0.3) is 0 Å². The first kappa shape index (κ1) is 44.5. The van der Waals surface area contributed by atoms with Crippen molar-refractivity contribution in [3.05, 3.63) is 29.8 Å². The first-order valence-corrected chi connectivity index (χ1v) is 17.7. The van der Waals surface area contributed by atoms with Crippen molar-refractivity contribution in [3.8, 4) is 0 Å². The van der Waals surface area contributed by atoms with E-state index in [1.807, 2.05) is 0 Å². The van der Waals surface area contributed by atoms with Crippen molar-refractivity contribution in [2.24, 2.45) is 21.7 Å². The van der Waals surface area contributed by atoms with E-state index in [0.29, 0.717) is 12.1 Å². The quantitative estimate of drug-likeness (QED) is 0.198. The van der Waals surface area contributed by atoms with Gasteiger partial charge >= 0.3 is 30.0 Å². The van der Waals surface area contributed by atoms with E-state index in [2.05, 4.69) is 5.32 Å². The van der Waals surface area contributed by atoms with Crippen LogP contribution < -0.4 is 5.32 Å². The smallest absolute Gasteiger partial charge is 0.412 e. The molecule has 2 rings (SSSR count). The number of amides is 1. The summed E-state index contributed by atoms with van der Waals surface area (Å²) in [4.78, 5) is 65.2. The molecule has 1 saturated heterocycles. The van der Waals surface area contributed by atoms with Gasteiger partial charge in [-0.2, -0.15) is 0 Å². The van der Waals surface area contributed by atoms with E-state index >= 15 is 0 Å². The number of hydrogen-bond donors (Lipinski definition) is 1. The van der Waals surface area contributed by atoms with E-state index in [4.69, 9.17) is 33.2 Å². The number of anilines is 1. The Labute approximate surface area is 309 Å². The van der Waals surface area contributed by atoms with Crippen molar-refractivity contribution in [2.75, 3.05) is 18.5 Å². The van der Waals surface area contributed by atoms with Crippen LogP contribution in [0, 0.1) is 21.7 Å². The molecular formula is C39H61NO12. The first-order chi connectivity index (χ1) is 23.5. The number of esters is 4. The Balaban J connectivity index is 2.51. The number of nitrogens with one attached hydrogen (secondary N) is 1. The molecule has 1 aliphatic rings. The van der Waals surface area contributed by atoms with Crippen LogP contribution in [0.15, 0.2) is 24.3 Å². The average Bonchev–Trinajstić information content (AvgIpc) is 2.96. The summed E-state index contributed by atoms with van der Waals surface area (Å²) in [6.07, 6.45) is -6.86. The Kier molecular flexibility index (Phi) is 14.5. The molecule has 13 nitrogen and oxygen atoms in total. The number of rotatable bonds is 10. The second-order valence-corrected chi connectivity index (χ2v) is 18.2. The maximum Gasteiger partial charge on any atom is 0.412 e. The fourth-order valence-electron chi connectivity index (χ4n) is 4.29. The largest absolute Gasteiger partial charge is 0.462 e. The molecule has 52 heavy (non-hydrogen) atoms. The van der Waals surface area contributed by atoms with E-state index in [1.54, 1.807) is 128 Å². The van der Waals surface area contributed by atoms with Gasteiger partial charge in [-0.25, -0.2) is 4.79 Å². The van der Waals surface area contributed by atoms with Crippen LogP contribution in [0.4, 0.5) is 10.5 Å². The van der Waals surface area contributed by atoms with Crippen molar-refractivity contribution < 1.29 is 57.1 Å². The Morgan fingerprint density at radius 1 is 0.615 bits per heavy atom. The van der Waals surface area contributed by atoms with Crippen LogP contribution >= 0.6 is 0 Å². The molecule has 0 aromatic heterocycles. The molecular weight excluding hydrogens is 674 g/mol. The highest BCUT2D eigenvalue weighted by atomic mass is 16.7. The van der Waals surface area contributed by atoms with Gasteiger partial charge in [0.1, 0.15) is 18.3 Å². The van der Waals surface area contributed by atoms with Crippen molar-refractivity contribution in [1.82, 2.24) is 0 Å². The van der Waals surface area contributed by atoms with E-state index < -0.39 is 87.9 Å². The summed E-state index contributed by atoms with van der Waals surface area (Å²) in [6, 6.07) is 7.05. The average molecular weight is 736 g/mol. The van der Waals surface area contributed by atoms with Crippen LogP contribution in [0.3, 0.4) is 0 Å². The Morgan fingerprint density at radius 3 is 1.50 bits per heavy atom. The van der Waals surface area contributed by atoms with Gasteiger partial charge in [-0.3, -0.25) is 24.5 Å². The highest BCUT2D eigenvalue weighted by Crippen LogP contribution is 2.34. The topological polar surface area (TPSA) is 162 Å². The van der Waals surface area contributed by atoms with Crippen molar-refractivity contribution in [3.63, 3.8) is 0 Å². The molecule has 0 unspecified atom stereocenters. The summed E-state index contributed by atoms with van der Waals surface area (Å²) in [5, 5.41) is 2.69. The Morgan fingerprint density at radius 2 is 1.06 bits per heavy atom. The summed E-state index contributed by atoms with van der Waals surface area (Å²) in [5.74, 6) is -2.48. The molecule has 1 aromatic rings. The van der Waals surface area contributed by atoms with Gasteiger partial charge in [-0.05, 0) is 128 Å². The zero-order chi connectivity index (χ0) is 40.0. The van der Waals surface area contributed by atoms with Crippen LogP contribution in [0.1, 0.15) is 109 Å². The summed E-state index contributed by atoms with van der Waals surface area (Å²) < 4.78 is 41.5. The van der Waals surface area contributed by atoms with Gasteiger partial charge in [0.05, 0.1) is 28.3 Å². The molecule has 1 aromatic carbocycles. The molecule has 0 bridgehead atoms. The molecule has 1 N–H and O–H groups in total. The number of carbonyl (C=O) groups excluding carboxylic acids is 5. The highest BCUT2D eigenvalue weighted by molar-refractivity contribution is 5.84. The third-order valence-electron chi connectivity index (χ3n) is 7.42. The number of ether oxygens (including phenoxy) is 7. The summed E-state index contributed by atoms with van der Waals surface area (Å²) >= 11 is 0. The molecule has 0 radical (unpaired) electrons. The molecule has 0 aliphatic carbocycles. The van der Waals surface area contributed by atoms with E-state index in [-0.39, 0.29) is 13.2 Å². The molecule has 0 spiro atoms. The first-order valence-electron chi connectivity index (χ1n) is 17.7. The van der Waals surface area contributed by atoms with Crippen molar-refractivity contribution in [1.29, 1.82) is 0 Å². The third-order valence-corrected chi connectivity index (χ3v) is 7.42. The Hall–Kier alpha value is -3.71. The van der Waals surface area contributed by atoms with E-state index in [0.717, 1.165) is 5.56 Å². The van der Waals surface area contributed by atoms with Gasteiger partial charge < -0.3 is 33.2 Å². The van der Waals surface area contributed by atoms with Crippen LogP contribution in [0.5, 0.6) is 0 Å². The zero-order valence-corrected chi connectivity index (χ0v) is 33.7. The monoisotopic (exact) mass is 735 g/mol. The standard InChI is InChI=1S/C39H61NO12/c1-35(2,3)30(41)47-22-25-26(49-31(42)36(4,5)6)27(50-32(43)37(7,8)9)28(51-33(44)38(10,11)12)29(48-25)46-21-20-23-16-18-24(19-17-23)40-34(45)52-39(13,14)15/h16-19,25-29H,20-22H2,1-15H3,(H,40,45)/t25-,26-,27+,28-,29-/m1/s1. The lowest BCUT2D eigenvalue weighted by atomic mass is 9.93. The van der Waals surface area contributed by atoms with Gasteiger partial charge in [-0.15, -0.1) is 0 Å². The SMILES string of the molecule is CC(C)(C)OC(=O)Nc1ccc(CCO[C@@H]2O[C@H](COC(=O)C(C)(C)C)[C@@H](OC(=O)C(C)(C)C)[C@H](OC(=O)C(C)(C)C)[C@H]2OC(=O)C(C)(C)C)cc1. The lowest BCUT2D eigenvalue weighted by molar-refractivity contribution is -0.312. The van der Waals surface area contributed by atoms with Crippen molar-refractivity contribution in [2.45, 2.75) is 147 Å². The van der Waals surface area contributed by atoms with Gasteiger partial charge in [0.25, 0.3) is 0 Å². The molecule has 294 valence electrons. The van der Waals surface area contributed by atoms with Gasteiger partial charge in [0.15, 0.2) is 24.6 Å². The predicted octanol–water partition coefficient (Wildman–Crippen LogP) is 6.78. The van der Waals surface area contributed by atoms with E-state index in [1.165, 1.54) is 0 Å². The minimum Gasteiger partial charge on any atom is -0.462 e. The van der Waals surface area contributed by atoms with Gasteiger partial charge in [-0.1, -0.05) is 12.1 Å². The molecule has 0 saturated carbocycles. The second-order valence-electron chi connectivity index (χ2n) is 18.2. The van der Waals surface area contributed by atoms with Crippen LogP contribution in [0.2, 0.25) is 0 Å². The number of hydrogen-bond acceptors (Lipinski definition) is 12. The molecule has 1 heterocycles. The van der Waals surface area contributed by atoms with Gasteiger partial charge in [0, 0.05) is 5.69 Å². The van der Waals surface area contributed by atoms with Gasteiger partial charge in [0.2, 0.25) is 0 Å². The summed E-state index contributed by atoms with van der Waals surface area (Å²) in [6.45, 7) is 25.0. The maximum atomic E-state index is 13.5. The van der Waals surface area contributed by atoms with Crippen LogP contribution in [-0.4, -0.2) is 79.5 Å². The lowest BCUT2D eigenvalue weighted by Gasteiger charge is -2.45. The molecule has 13 heteroatoms. The molecule has 1 fully saturated rings.